The highest BCUT2D eigenvalue weighted by molar-refractivity contribution is 6.31. The molecule has 18 heavy (non-hydrogen) atoms. The summed E-state index contributed by atoms with van der Waals surface area (Å²) in [6.45, 7) is 0. The Morgan fingerprint density at radius 3 is 2.50 bits per heavy atom. The van der Waals surface area contributed by atoms with Crippen molar-refractivity contribution < 1.29 is 0 Å². The lowest BCUT2D eigenvalue weighted by Crippen LogP contribution is -2.30. The monoisotopic (exact) mass is 261 g/mol. The van der Waals surface area contributed by atoms with Crippen LogP contribution in [0.15, 0.2) is 43.0 Å². The van der Waals surface area contributed by atoms with E-state index in [2.05, 4.69) is 15.3 Å². The molecule has 4 heteroatoms. The third kappa shape index (κ3) is 3.52. The summed E-state index contributed by atoms with van der Waals surface area (Å²) in [6.07, 6.45) is 8.96. The van der Waals surface area contributed by atoms with Gasteiger partial charge >= 0.3 is 0 Å². The van der Waals surface area contributed by atoms with Gasteiger partial charge in [-0.05, 0) is 49.2 Å². The molecule has 0 saturated carbocycles. The van der Waals surface area contributed by atoms with Crippen molar-refractivity contribution in [3.63, 3.8) is 0 Å². The molecule has 2 rings (SSSR count). The van der Waals surface area contributed by atoms with Gasteiger partial charge in [0.15, 0.2) is 0 Å². The van der Waals surface area contributed by atoms with Crippen LogP contribution in [0, 0.1) is 0 Å². The second kappa shape index (κ2) is 6.47. The topological polar surface area (TPSA) is 37.8 Å². The van der Waals surface area contributed by atoms with Crippen LogP contribution in [0.3, 0.4) is 0 Å². The number of hydrogen-bond donors (Lipinski definition) is 1. The number of halogens is 1. The van der Waals surface area contributed by atoms with Gasteiger partial charge in [-0.1, -0.05) is 11.6 Å². The number of likely N-dealkylation sites (N-methyl/N-ethyl adjacent to an activating group) is 1. The standard InChI is InChI=1S/C14H16ClN3/c1-16-13(8-11-2-5-17-6-3-11)9-12-4-7-18-10-14(12)15/h2-7,10,13,16H,8-9H2,1H3. The quantitative estimate of drug-likeness (QED) is 0.899. The van der Waals surface area contributed by atoms with Gasteiger partial charge in [0.2, 0.25) is 0 Å². The smallest absolute Gasteiger partial charge is 0.0621 e. The molecule has 2 aromatic heterocycles. The first-order valence-corrected chi connectivity index (χ1v) is 6.32. The van der Waals surface area contributed by atoms with Gasteiger partial charge in [-0.2, -0.15) is 0 Å². The van der Waals surface area contributed by atoms with Crippen LogP contribution < -0.4 is 5.32 Å². The second-order valence-electron chi connectivity index (χ2n) is 4.22. The fraction of sp³-hybridized carbons (Fsp3) is 0.286. The minimum Gasteiger partial charge on any atom is -0.316 e. The van der Waals surface area contributed by atoms with E-state index in [1.807, 2.05) is 37.6 Å². The van der Waals surface area contributed by atoms with Crippen molar-refractivity contribution in [2.45, 2.75) is 18.9 Å². The zero-order chi connectivity index (χ0) is 12.8. The predicted octanol–water partition coefficient (Wildman–Crippen LogP) is 2.50. The molecule has 0 spiro atoms. The van der Waals surface area contributed by atoms with Crippen molar-refractivity contribution in [3.8, 4) is 0 Å². The summed E-state index contributed by atoms with van der Waals surface area (Å²) in [5.74, 6) is 0. The zero-order valence-corrected chi connectivity index (χ0v) is 11.1. The van der Waals surface area contributed by atoms with Crippen LogP contribution in [0.2, 0.25) is 5.02 Å². The summed E-state index contributed by atoms with van der Waals surface area (Å²) in [4.78, 5) is 8.03. The summed E-state index contributed by atoms with van der Waals surface area (Å²) in [5, 5.41) is 4.06. The molecule has 0 fully saturated rings. The lowest BCUT2D eigenvalue weighted by molar-refractivity contribution is 0.556. The predicted molar refractivity (Wildman–Crippen MR) is 73.7 cm³/mol. The summed E-state index contributed by atoms with van der Waals surface area (Å²) >= 11 is 6.13. The van der Waals surface area contributed by atoms with Crippen LogP contribution in [0.4, 0.5) is 0 Å². The normalized spacial score (nSPS) is 12.3. The van der Waals surface area contributed by atoms with Crippen LogP contribution in [0.1, 0.15) is 11.1 Å². The number of pyridine rings is 2. The van der Waals surface area contributed by atoms with Crippen molar-refractivity contribution in [1.29, 1.82) is 0 Å². The van der Waals surface area contributed by atoms with Crippen LogP contribution >= 0.6 is 11.6 Å². The third-order valence-corrected chi connectivity index (χ3v) is 3.30. The van der Waals surface area contributed by atoms with Crippen molar-refractivity contribution in [2.75, 3.05) is 7.05 Å². The highest BCUT2D eigenvalue weighted by Gasteiger charge is 2.10. The van der Waals surface area contributed by atoms with Crippen LogP contribution in [0.5, 0.6) is 0 Å². The van der Waals surface area contributed by atoms with Crippen LogP contribution in [-0.4, -0.2) is 23.1 Å². The largest absolute Gasteiger partial charge is 0.316 e. The summed E-state index contributed by atoms with van der Waals surface area (Å²) in [5.41, 5.74) is 2.40. The molecular weight excluding hydrogens is 246 g/mol. The summed E-state index contributed by atoms with van der Waals surface area (Å²) < 4.78 is 0. The first kappa shape index (κ1) is 13.0. The molecule has 0 aliphatic rings. The van der Waals surface area contributed by atoms with Crippen molar-refractivity contribution >= 4 is 11.6 Å². The molecule has 0 aromatic carbocycles. The Morgan fingerprint density at radius 1 is 1.11 bits per heavy atom. The molecule has 0 aliphatic carbocycles. The number of nitrogens with one attached hydrogen (secondary N) is 1. The molecule has 1 atom stereocenters. The molecule has 2 heterocycles. The van der Waals surface area contributed by atoms with E-state index in [0.717, 1.165) is 23.4 Å². The SMILES string of the molecule is CNC(Cc1ccncc1)Cc1ccncc1Cl. The Morgan fingerprint density at radius 2 is 1.83 bits per heavy atom. The Labute approximate surface area is 112 Å². The lowest BCUT2D eigenvalue weighted by atomic mass is 10.0. The lowest BCUT2D eigenvalue weighted by Gasteiger charge is -2.16. The van der Waals surface area contributed by atoms with Gasteiger partial charge in [0, 0.05) is 30.8 Å². The fourth-order valence-electron chi connectivity index (χ4n) is 1.91. The summed E-state index contributed by atoms with van der Waals surface area (Å²) in [7, 11) is 1.97. The molecule has 0 saturated heterocycles. The molecule has 0 bridgehead atoms. The third-order valence-electron chi connectivity index (χ3n) is 2.96. The van der Waals surface area contributed by atoms with E-state index in [1.165, 1.54) is 5.56 Å². The van der Waals surface area contributed by atoms with E-state index >= 15 is 0 Å². The van der Waals surface area contributed by atoms with Gasteiger partial charge in [0.1, 0.15) is 0 Å². The van der Waals surface area contributed by atoms with Crippen molar-refractivity contribution in [2.24, 2.45) is 0 Å². The Balaban J connectivity index is 2.04. The first-order valence-electron chi connectivity index (χ1n) is 5.94. The molecule has 0 aliphatic heterocycles. The fourth-order valence-corrected chi connectivity index (χ4v) is 2.11. The zero-order valence-electron chi connectivity index (χ0n) is 10.3. The summed E-state index contributed by atoms with van der Waals surface area (Å²) in [6, 6.07) is 6.41. The number of nitrogens with zero attached hydrogens (tertiary/aromatic N) is 2. The van der Waals surface area contributed by atoms with Crippen LogP contribution in [-0.2, 0) is 12.8 Å². The van der Waals surface area contributed by atoms with Gasteiger partial charge in [-0.15, -0.1) is 0 Å². The van der Waals surface area contributed by atoms with Crippen molar-refractivity contribution in [1.82, 2.24) is 15.3 Å². The number of aromatic nitrogens is 2. The van der Waals surface area contributed by atoms with E-state index in [9.17, 15) is 0 Å². The van der Waals surface area contributed by atoms with E-state index in [1.54, 1.807) is 12.4 Å². The van der Waals surface area contributed by atoms with Gasteiger partial charge in [0.25, 0.3) is 0 Å². The van der Waals surface area contributed by atoms with E-state index in [-0.39, 0.29) is 0 Å². The molecular formula is C14H16ClN3. The highest BCUT2D eigenvalue weighted by atomic mass is 35.5. The van der Waals surface area contributed by atoms with E-state index in [0.29, 0.717) is 6.04 Å². The Hall–Kier alpha value is -1.45. The molecule has 3 nitrogen and oxygen atoms in total. The average molecular weight is 262 g/mol. The highest BCUT2D eigenvalue weighted by Crippen LogP contribution is 2.16. The maximum absolute atomic E-state index is 6.13. The Kier molecular flexibility index (Phi) is 4.67. The molecule has 94 valence electrons. The number of hydrogen-bond acceptors (Lipinski definition) is 3. The first-order chi connectivity index (χ1) is 8.79. The van der Waals surface area contributed by atoms with Crippen molar-refractivity contribution in [3.05, 3.63) is 59.1 Å². The van der Waals surface area contributed by atoms with Gasteiger partial charge in [-0.3, -0.25) is 9.97 Å². The van der Waals surface area contributed by atoms with E-state index < -0.39 is 0 Å². The molecule has 1 unspecified atom stereocenters. The molecule has 0 radical (unpaired) electrons. The van der Waals surface area contributed by atoms with Gasteiger partial charge in [0.05, 0.1) is 5.02 Å². The maximum Gasteiger partial charge on any atom is 0.0621 e. The van der Waals surface area contributed by atoms with Gasteiger partial charge < -0.3 is 5.32 Å². The molecule has 1 N–H and O–H groups in total. The minimum absolute atomic E-state index is 0.354. The van der Waals surface area contributed by atoms with Gasteiger partial charge in [-0.25, -0.2) is 0 Å². The molecule has 2 aromatic rings. The minimum atomic E-state index is 0.354. The average Bonchev–Trinajstić information content (AvgIpc) is 2.41. The van der Waals surface area contributed by atoms with E-state index in [4.69, 9.17) is 11.6 Å². The number of rotatable bonds is 5. The second-order valence-corrected chi connectivity index (χ2v) is 4.62. The molecule has 0 amide bonds. The Bertz CT molecular complexity index is 487. The van der Waals surface area contributed by atoms with Crippen LogP contribution in [0.25, 0.3) is 0 Å². The maximum atomic E-state index is 6.13.